The Hall–Kier alpha value is 0.719. The Labute approximate surface area is 59.0 Å². The quantitative estimate of drug-likeness (QED) is 0.667. The van der Waals surface area contributed by atoms with Crippen LogP contribution in [-0.4, -0.2) is 34.8 Å². The molecular weight excluding hydrogens is 211 g/mol. The molecule has 0 atom stereocenters. The van der Waals surface area contributed by atoms with Crippen LogP contribution >= 0.6 is 0 Å². The zero-order valence-electron chi connectivity index (χ0n) is 5.73. The SMILES string of the molecule is CC[CH2][Sn]([O]C)[O]C. The number of rotatable bonds is 4. The van der Waals surface area contributed by atoms with Gasteiger partial charge in [0.1, 0.15) is 0 Å². The fourth-order valence-electron chi connectivity index (χ4n) is 0.492. The maximum atomic E-state index is 5.11. The molecule has 2 nitrogen and oxygen atoms in total. The van der Waals surface area contributed by atoms with Crippen LogP contribution in [0.15, 0.2) is 0 Å². The Morgan fingerprint density at radius 1 is 1.25 bits per heavy atom. The number of hydrogen-bond acceptors (Lipinski definition) is 2. The van der Waals surface area contributed by atoms with E-state index in [2.05, 4.69) is 6.92 Å². The van der Waals surface area contributed by atoms with Crippen LogP contribution in [0.25, 0.3) is 0 Å². The van der Waals surface area contributed by atoms with Gasteiger partial charge < -0.3 is 0 Å². The molecule has 3 heteroatoms. The first-order valence-electron chi connectivity index (χ1n) is 2.79. The monoisotopic (exact) mass is 225 g/mol. The van der Waals surface area contributed by atoms with E-state index in [1.807, 2.05) is 0 Å². The van der Waals surface area contributed by atoms with Gasteiger partial charge in [-0.15, -0.1) is 0 Å². The summed E-state index contributed by atoms with van der Waals surface area (Å²) in [6.07, 6.45) is 1.19. The van der Waals surface area contributed by atoms with E-state index >= 15 is 0 Å². The van der Waals surface area contributed by atoms with E-state index in [-0.39, 0.29) is 0 Å². The van der Waals surface area contributed by atoms with Gasteiger partial charge in [-0.2, -0.15) is 0 Å². The second-order valence-electron chi connectivity index (χ2n) is 1.53. The van der Waals surface area contributed by atoms with Crippen molar-refractivity contribution in [1.82, 2.24) is 0 Å². The Bertz CT molecular complexity index is 45.7. The molecule has 0 bridgehead atoms. The molecule has 0 aliphatic carbocycles. The van der Waals surface area contributed by atoms with Crippen LogP contribution in [-0.2, 0) is 6.15 Å². The molecule has 0 aromatic heterocycles. The summed E-state index contributed by atoms with van der Waals surface area (Å²) < 4.78 is 11.4. The van der Waals surface area contributed by atoms with Gasteiger partial charge in [0.05, 0.1) is 0 Å². The van der Waals surface area contributed by atoms with Crippen LogP contribution in [0.4, 0.5) is 0 Å². The summed E-state index contributed by atoms with van der Waals surface area (Å²) in [5, 5.41) is 0. The van der Waals surface area contributed by atoms with Gasteiger partial charge in [-0.1, -0.05) is 0 Å². The van der Waals surface area contributed by atoms with Gasteiger partial charge >= 0.3 is 58.7 Å². The van der Waals surface area contributed by atoms with Crippen LogP contribution < -0.4 is 0 Å². The summed E-state index contributed by atoms with van der Waals surface area (Å²) in [4.78, 5) is 0. The molecule has 8 heavy (non-hydrogen) atoms. The van der Waals surface area contributed by atoms with Crippen molar-refractivity contribution in [1.29, 1.82) is 0 Å². The molecule has 0 amide bonds. The first kappa shape index (κ1) is 8.72. The van der Waals surface area contributed by atoms with Crippen LogP contribution in [0.3, 0.4) is 0 Å². The third kappa shape index (κ3) is 3.69. The van der Waals surface area contributed by atoms with Crippen LogP contribution in [0, 0.1) is 0 Å². The Morgan fingerprint density at radius 2 is 1.75 bits per heavy atom. The second kappa shape index (κ2) is 5.85. The summed E-state index contributed by atoms with van der Waals surface area (Å²) >= 11 is -1.69. The maximum absolute atomic E-state index is 5.11. The zero-order chi connectivity index (χ0) is 6.41. The predicted octanol–water partition coefficient (Wildman–Crippen LogP) is 1.18. The molecular formula is C5H13O2Sn. The van der Waals surface area contributed by atoms with Crippen LogP contribution in [0.1, 0.15) is 13.3 Å². The van der Waals surface area contributed by atoms with Gasteiger partial charge in [-0.05, 0) is 0 Å². The molecule has 0 aliphatic heterocycles. The molecule has 0 aromatic rings. The van der Waals surface area contributed by atoms with Gasteiger partial charge in [-0.25, -0.2) is 0 Å². The Kier molecular flexibility index (Phi) is 6.37. The van der Waals surface area contributed by atoms with E-state index in [0.717, 1.165) is 0 Å². The summed E-state index contributed by atoms with van der Waals surface area (Å²) in [5.41, 5.74) is 0. The van der Waals surface area contributed by atoms with Crippen molar-refractivity contribution in [3.05, 3.63) is 0 Å². The summed E-state index contributed by atoms with van der Waals surface area (Å²) in [5.74, 6) is 0. The molecule has 0 spiro atoms. The van der Waals surface area contributed by atoms with Gasteiger partial charge in [0.15, 0.2) is 0 Å². The van der Waals surface area contributed by atoms with E-state index in [0.29, 0.717) is 0 Å². The predicted molar refractivity (Wildman–Crippen MR) is 34.9 cm³/mol. The molecule has 0 N–H and O–H groups in total. The average molecular weight is 224 g/mol. The molecule has 49 valence electrons. The zero-order valence-corrected chi connectivity index (χ0v) is 8.58. The van der Waals surface area contributed by atoms with Crippen molar-refractivity contribution >= 4 is 20.6 Å². The van der Waals surface area contributed by atoms with E-state index < -0.39 is 20.6 Å². The third-order valence-corrected chi connectivity index (χ3v) is 6.10. The topological polar surface area (TPSA) is 18.5 Å². The molecule has 0 aromatic carbocycles. The summed E-state index contributed by atoms with van der Waals surface area (Å²) in [7, 11) is 3.49. The van der Waals surface area contributed by atoms with Gasteiger partial charge in [0.25, 0.3) is 0 Å². The number of hydrogen-bond donors (Lipinski definition) is 0. The molecule has 1 radical (unpaired) electrons. The van der Waals surface area contributed by atoms with Crippen molar-refractivity contribution < 1.29 is 6.15 Å². The first-order valence-corrected chi connectivity index (χ1v) is 7.13. The van der Waals surface area contributed by atoms with E-state index in [1.165, 1.54) is 10.9 Å². The molecule has 0 saturated heterocycles. The molecule has 0 aliphatic rings. The minimum atomic E-state index is -1.69. The van der Waals surface area contributed by atoms with E-state index in [4.69, 9.17) is 6.15 Å². The van der Waals surface area contributed by atoms with Gasteiger partial charge in [0, 0.05) is 0 Å². The van der Waals surface area contributed by atoms with Crippen molar-refractivity contribution in [3.63, 3.8) is 0 Å². The normalized spacial score (nSPS) is 10.5. The van der Waals surface area contributed by atoms with Gasteiger partial charge in [0.2, 0.25) is 0 Å². The first-order chi connectivity index (χ1) is 3.85. The van der Waals surface area contributed by atoms with E-state index in [1.54, 1.807) is 14.2 Å². The average Bonchev–Trinajstić information content (AvgIpc) is 1.83. The van der Waals surface area contributed by atoms with Crippen molar-refractivity contribution in [2.75, 3.05) is 14.2 Å². The molecule has 0 fully saturated rings. The summed E-state index contributed by atoms with van der Waals surface area (Å²) in [6.45, 7) is 2.15. The third-order valence-electron chi connectivity index (χ3n) is 0.909. The van der Waals surface area contributed by atoms with Crippen LogP contribution in [0.2, 0.25) is 4.44 Å². The molecule has 0 unspecified atom stereocenters. The van der Waals surface area contributed by atoms with Gasteiger partial charge in [-0.3, -0.25) is 0 Å². The molecule has 0 heterocycles. The molecule has 0 rings (SSSR count). The van der Waals surface area contributed by atoms with Crippen molar-refractivity contribution in [2.45, 2.75) is 17.8 Å². The fourth-order valence-corrected chi connectivity index (χ4v) is 3.30. The summed E-state index contributed by atoms with van der Waals surface area (Å²) in [6, 6.07) is 0. The fraction of sp³-hybridized carbons (Fsp3) is 1.00. The molecule has 0 saturated carbocycles. The minimum absolute atomic E-state index is 1.18. The van der Waals surface area contributed by atoms with E-state index in [9.17, 15) is 0 Å². The van der Waals surface area contributed by atoms with Crippen LogP contribution in [0.5, 0.6) is 0 Å². The Balaban J connectivity index is 3.07. The second-order valence-corrected chi connectivity index (χ2v) is 7.41. The Morgan fingerprint density at radius 3 is 1.88 bits per heavy atom. The van der Waals surface area contributed by atoms with Crippen molar-refractivity contribution in [3.8, 4) is 0 Å². The standard InChI is InChI=1S/C3H7.2CH3O.Sn/c1-3-2;2*1-2;/h1,3H2,2H3;2*1H3;/q;2*-1;+2. The van der Waals surface area contributed by atoms with Crippen molar-refractivity contribution in [2.24, 2.45) is 0 Å².